The summed E-state index contributed by atoms with van der Waals surface area (Å²) in [6.45, 7) is 4.95. The summed E-state index contributed by atoms with van der Waals surface area (Å²) in [5, 5.41) is 23.2. The van der Waals surface area contributed by atoms with Gasteiger partial charge in [-0.15, -0.1) is 0 Å². The highest BCUT2D eigenvalue weighted by Crippen LogP contribution is 2.20. The second kappa shape index (κ2) is 78.5. The first kappa shape index (κ1) is 87.1. The van der Waals surface area contributed by atoms with E-state index in [4.69, 9.17) is 4.74 Å². The zero-order valence-electron chi connectivity index (χ0n) is 60.4. The predicted molar refractivity (Wildman–Crippen MR) is 393 cm³/mol. The lowest BCUT2D eigenvalue weighted by molar-refractivity contribution is -0.143. The molecule has 0 saturated carbocycles. The van der Waals surface area contributed by atoms with Crippen molar-refractivity contribution in [3.05, 3.63) is 36.5 Å². The Morgan fingerprint density at radius 2 is 0.562 bits per heavy atom. The van der Waals surface area contributed by atoms with Gasteiger partial charge in [0.1, 0.15) is 0 Å². The van der Waals surface area contributed by atoms with Crippen LogP contribution in [-0.2, 0) is 14.3 Å². The molecule has 0 heterocycles. The summed E-state index contributed by atoms with van der Waals surface area (Å²) in [5.41, 5.74) is 0. The lowest BCUT2D eigenvalue weighted by Gasteiger charge is -2.20. The van der Waals surface area contributed by atoms with Gasteiger partial charge in [0.15, 0.2) is 0 Å². The van der Waals surface area contributed by atoms with Crippen LogP contribution in [-0.4, -0.2) is 47.4 Å². The van der Waals surface area contributed by atoms with Gasteiger partial charge in [-0.05, 0) is 64.2 Å². The molecule has 0 saturated heterocycles. The third kappa shape index (κ3) is 75.0. The SMILES string of the molecule is CCCCCCCCCCCCCCCC/C=C/C(O)C(CO)NC(=O)CCCCCCCCCCCCCCCCCCC/C=C\C/C=C\CCCCCCCCCCCCCCCCCOC(=O)CCCCCCCCCCCCCCCCCCC. The number of aliphatic hydroxyl groups excluding tert-OH is 2. The fourth-order valence-corrected chi connectivity index (χ4v) is 13.0. The van der Waals surface area contributed by atoms with Gasteiger partial charge in [-0.2, -0.15) is 0 Å². The number of hydrogen-bond donors (Lipinski definition) is 3. The molecule has 0 bridgehead atoms. The summed E-state index contributed by atoms with van der Waals surface area (Å²) in [4.78, 5) is 24.6. The average molecular weight is 1250 g/mol. The molecule has 2 atom stereocenters. The van der Waals surface area contributed by atoms with Crippen LogP contribution >= 0.6 is 0 Å². The molecule has 3 N–H and O–H groups in total. The van der Waals surface area contributed by atoms with Gasteiger partial charge in [0.05, 0.1) is 25.4 Å². The van der Waals surface area contributed by atoms with Crippen molar-refractivity contribution in [3.63, 3.8) is 0 Å². The first-order chi connectivity index (χ1) is 44.0. The number of allylic oxidation sites excluding steroid dienone is 5. The molecule has 0 aliphatic carbocycles. The van der Waals surface area contributed by atoms with Crippen LogP contribution in [0.2, 0.25) is 0 Å². The minimum absolute atomic E-state index is 0.0249. The van der Waals surface area contributed by atoms with E-state index in [0.717, 1.165) is 44.9 Å². The van der Waals surface area contributed by atoms with Crippen LogP contribution in [0.4, 0.5) is 0 Å². The van der Waals surface area contributed by atoms with E-state index in [2.05, 4.69) is 43.5 Å². The number of esters is 1. The Kier molecular flexibility index (Phi) is 76.8. The summed E-state index contributed by atoms with van der Waals surface area (Å²) >= 11 is 0. The molecule has 0 aromatic rings. The third-order valence-electron chi connectivity index (χ3n) is 19.2. The van der Waals surface area contributed by atoms with Crippen LogP contribution in [0.15, 0.2) is 36.5 Å². The molecule has 0 aliphatic heterocycles. The molecule has 0 spiro atoms. The fraction of sp³-hybridized carbons (Fsp3) is 0.904. The molecule has 89 heavy (non-hydrogen) atoms. The van der Waals surface area contributed by atoms with E-state index in [-0.39, 0.29) is 18.5 Å². The zero-order chi connectivity index (χ0) is 64.2. The number of rotatable bonds is 77. The van der Waals surface area contributed by atoms with Gasteiger partial charge in [0.25, 0.3) is 0 Å². The first-order valence-corrected chi connectivity index (χ1v) is 40.8. The molecular weight excluding hydrogens is 1090 g/mol. The Morgan fingerprint density at radius 1 is 0.315 bits per heavy atom. The Labute approximate surface area is 557 Å². The summed E-state index contributed by atoms with van der Waals surface area (Å²) in [6.07, 6.45) is 103. The number of unbranched alkanes of at least 4 members (excludes halogenated alkanes) is 62. The van der Waals surface area contributed by atoms with Crippen LogP contribution in [0.1, 0.15) is 457 Å². The van der Waals surface area contributed by atoms with Crippen molar-refractivity contribution in [2.45, 2.75) is 469 Å². The molecule has 6 nitrogen and oxygen atoms in total. The second-order valence-electron chi connectivity index (χ2n) is 28.1. The van der Waals surface area contributed by atoms with Crippen LogP contribution in [0.3, 0.4) is 0 Å². The van der Waals surface area contributed by atoms with E-state index in [9.17, 15) is 19.8 Å². The third-order valence-corrected chi connectivity index (χ3v) is 19.2. The Hall–Kier alpha value is -1.92. The maximum Gasteiger partial charge on any atom is 0.305 e. The van der Waals surface area contributed by atoms with Crippen molar-refractivity contribution in [2.75, 3.05) is 13.2 Å². The van der Waals surface area contributed by atoms with Crippen LogP contribution in [0.5, 0.6) is 0 Å². The lowest BCUT2D eigenvalue weighted by atomic mass is 10.0. The topological polar surface area (TPSA) is 95.9 Å². The maximum atomic E-state index is 12.5. The van der Waals surface area contributed by atoms with Gasteiger partial charge in [0, 0.05) is 12.8 Å². The predicted octanol–water partition coefficient (Wildman–Crippen LogP) is 27.0. The average Bonchev–Trinajstić information content (AvgIpc) is 3.56. The number of amides is 1. The van der Waals surface area contributed by atoms with Crippen molar-refractivity contribution in [3.8, 4) is 0 Å². The van der Waals surface area contributed by atoms with Crippen molar-refractivity contribution < 1.29 is 24.5 Å². The molecule has 526 valence electrons. The minimum Gasteiger partial charge on any atom is -0.466 e. The molecule has 1 amide bonds. The number of nitrogens with one attached hydrogen (secondary N) is 1. The first-order valence-electron chi connectivity index (χ1n) is 40.8. The fourth-order valence-electron chi connectivity index (χ4n) is 13.0. The van der Waals surface area contributed by atoms with Crippen molar-refractivity contribution in [1.29, 1.82) is 0 Å². The molecule has 0 aliphatic rings. The number of carbonyl (C=O) groups is 2. The van der Waals surface area contributed by atoms with Gasteiger partial charge < -0.3 is 20.3 Å². The van der Waals surface area contributed by atoms with Crippen molar-refractivity contribution in [2.24, 2.45) is 0 Å². The zero-order valence-corrected chi connectivity index (χ0v) is 60.4. The number of hydrogen-bond acceptors (Lipinski definition) is 5. The van der Waals surface area contributed by atoms with E-state index in [1.165, 1.54) is 385 Å². The number of aliphatic hydroxyl groups is 2. The Morgan fingerprint density at radius 3 is 0.854 bits per heavy atom. The maximum absolute atomic E-state index is 12.5. The Balaban J connectivity index is 3.35. The monoisotopic (exact) mass is 1250 g/mol. The second-order valence-corrected chi connectivity index (χ2v) is 28.1. The smallest absolute Gasteiger partial charge is 0.305 e. The van der Waals surface area contributed by atoms with Gasteiger partial charge >= 0.3 is 5.97 Å². The summed E-state index contributed by atoms with van der Waals surface area (Å²) in [5.74, 6) is -0.0368. The van der Waals surface area contributed by atoms with Gasteiger partial charge in [-0.3, -0.25) is 9.59 Å². The summed E-state index contributed by atoms with van der Waals surface area (Å²) in [6, 6.07) is -0.626. The lowest BCUT2D eigenvalue weighted by Crippen LogP contribution is -2.45. The van der Waals surface area contributed by atoms with E-state index in [1.54, 1.807) is 6.08 Å². The molecule has 0 rings (SSSR count). The molecule has 0 aromatic carbocycles. The highest BCUT2D eigenvalue weighted by Gasteiger charge is 2.18. The normalized spacial score (nSPS) is 12.6. The van der Waals surface area contributed by atoms with Crippen molar-refractivity contribution >= 4 is 11.9 Å². The van der Waals surface area contributed by atoms with Crippen LogP contribution < -0.4 is 5.32 Å². The molecule has 2 unspecified atom stereocenters. The van der Waals surface area contributed by atoms with Gasteiger partial charge in [0.2, 0.25) is 5.91 Å². The van der Waals surface area contributed by atoms with E-state index in [0.29, 0.717) is 19.4 Å². The minimum atomic E-state index is -0.843. The molecule has 0 aromatic heterocycles. The number of ether oxygens (including phenoxy) is 1. The highest BCUT2D eigenvalue weighted by atomic mass is 16.5. The molecular formula is C83H159NO5. The Bertz CT molecular complexity index is 1440. The van der Waals surface area contributed by atoms with Gasteiger partial charge in [-0.25, -0.2) is 0 Å². The number of carbonyl (C=O) groups excluding carboxylic acids is 2. The standard InChI is InChI=1S/C83H159NO5/c1-3-5-7-9-11-13-15-17-19-44-49-53-57-61-65-69-73-77-83(88)89-78-74-70-66-62-58-54-50-46-43-41-39-37-35-33-31-29-27-25-23-21-22-24-26-28-30-32-34-36-38-40-42-45-48-52-56-60-64-68-72-76-82(87)84-80(79-85)81(86)75-71-67-63-59-55-51-47-20-18-16-14-12-10-8-6-4-2/h21-22,25,27,71,75,80-81,85-86H,3-20,23-24,26,28-70,72-74,76-79H2,1-2H3,(H,84,87)/b22-21-,27-25-,75-71+. The van der Waals surface area contributed by atoms with E-state index < -0.39 is 12.1 Å². The highest BCUT2D eigenvalue weighted by molar-refractivity contribution is 5.76. The van der Waals surface area contributed by atoms with Crippen molar-refractivity contribution in [1.82, 2.24) is 5.32 Å². The molecule has 0 fully saturated rings. The summed E-state index contributed by atoms with van der Waals surface area (Å²) in [7, 11) is 0. The van der Waals surface area contributed by atoms with E-state index >= 15 is 0 Å². The van der Waals surface area contributed by atoms with Gasteiger partial charge in [-0.1, -0.05) is 416 Å². The van der Waals surface area contributed by atoms with E-state index in [1.807, 2.05) is 6.08 Å². The summed E-state index contributed by atoms with van der Waals surface area (Å²) < 4.78 is 5.52. The quantitative estimate of drug-likeness (QED) is 0.0320. The molecule has 0 radical (unpaired) electrons. The molecule has 6 heteroatoms. The van der Waals surface area contributed by atoms with Crippen LogP contribution in [0, 0.1) is 0 Å². The largest absolute Gasteiger partial charge is 0.466 e. The van der Waals surface area contributed by atoms with Crippen LogP contribution in [0.25, 0.3) is 0 Å².